The van der Waals surface area contributed by atoms with Crippen LogP contribution in [0.1, 0.15) is 85.9 Å². The number of phenolic OH excluding ortho intramolecular Hbond substituents is 2. The summed E-state index contributed by atoms with van der Waals surface area (Å²) in [4.78, 5) is 67.1. The number of nitrogens with one attached hydrogen (secondary N) is 1. The van der Waals surface area contributed by atoms with E-state index in [0.717, 1.165) is 22.3 Å². The molecule has 3 aliphatic carbocycles. The number of aromatic hydroxyl groups is 2. The van der Waals surface area contributed by atoms with Gasteiger partial charge in [0.05, 0.1) is 42.1 Å². The summed E-state index contributed by atoms with van der Waals surface area (Å²) in [5, 5.41) is 48.2. The van der Waals surface area contributed by atoms with Gasteiger partial charge in [0, 0.05) is 47.9 Å². The molecule has 0 radical (unpaired) electrons. The topological polar surface area (TPSA) is 250 Å². The fourth-order valence-electron chi connectivity index (χ4n) is 8.73. The van der Waals surface area contributed by atoms with E-state index >= 15 is 0 Å². The van der Waals surface area contributed by atoms with Crippen molar-refractivity contribution in [3.63, 3.8) is 0 Å². The van der Waals surface area contributed by atoms with Crippen LogP contribution in [0.3, 0.4) is 0 Å². The van der Waals surface area contributed by atoms with Gasteiger partial charge in [-0.1, -0.05) is 60.7 Å². The lowest BCUT2D eigenvalue weighted by Crippen LogP contribution is -2.53. The van der Waals surface area contributed by atoms with Gasteiger partial charge in [-0.15, -0.1) is 0 Å². The van der Waals surface area contributed by atoms with Crippen LogP contribution < -0.4 is 15.8 Å². The Labute approximate surface area is 342 Å². The molecule has 4 aliphatic rings. The van der Waals surface area contributed by atoms with Crippen LogP contribution in [0.4, 0.5) is 4.79 Å². The van der Waals surface area contributed by atoms with E-state index in [1.165, 1.54) is 25.3 Å². The Morgan fingerprint density at radius 3 is 2.20 bits per heavy atom. The molecule has 0 saturated carbocycles. The number of benzene rings is 4. The Morgan fingerprint density at radius 2 is 1.53 bits per heavy atom. The van der Waals surface area contributed by atoms with E-state index in [1.807, 2.05) is 48.5 Å². The molecule has 1 heterocycles. The number of aliphatic hydroxyl groups excluding tert-OH is 1. The highest BCUT2D eigenvalue weighted by atomic mass is 16.7. The summed E-state index contributed by atoms with van der Waals surface area (Å²) < 4.78 is 27.9. The molecule has 4 aromatic rings. The SMILES string of the molecule is COc1cccc2c1C(=O)c1c(O)c3c(c(O)c1C2=O)C[C@@](O)(C(=O)COC(=O)CNC(=O)OCC1c2ccccc2-c2ccccc21)C[C@@H]3O[C@H]1C[C@H](N)[C@H](O)[C@H](C)O1. The van der Waals surface area contributed by atoms with Gasteiger partial charge in [-0.05, 0) is 35.2 Å². The molecule has 60 heavy (non-hydrogen) atoms. The number of Topliss-reactive ketones (excluding diaryl/α,β-unsaturated/α-hetero) is 1. The number of aliphatic hydroxyl groups is 2. The van der Waals surface area contributed by atoms with E-state index in [2.05, 4.69) is 5.32 Å². The van der Waals surface area contributed by atoms with Gasteiger partial charge in [0.25, 0.3) is 0 Å². The van der Waals surface area contributed by atoms with Crippen LogP contribution in [-0.4, -0.2) is 107 Å². The summed E-state index contributed by atoms with van der Waals surface area (Å²) >= 11 is 0. The average Bonchev–Trinajstić information content (AvgIpc) is 3.56. The number of nitrogens with two attached hydrogens (primary N) is 1. The van der Waals surface area contributed by atoms with Gasteiger partial charge in [0.2, 0.25) is 11.6 Å². The van der Waals surface area contributed by atoms with Crippen molar-refractivity contribution in [3.8, 4) is 28.4 Å². The summed E-state index contributed by atoms with van der Waals surface area (Å²) in [5.74, 6) is -5.40. The second-order valence-electron chi connectivity index (χ2n) is 15.3. The van der Waals surface area contributed by atoms with Crippen molar-refractivity contribution < 1.29 is 68.1 Å². The molecule has 1 amide bonds. The van der Waals surface area contributed by atoms with E-state index in [-0.39, 0.29) is 46.9 Å². The maximum Gasteiger partial charge on any atom is 0.407 e. The van der Waals surface area contributed by atoms with Crippen molar-refractivity contribution in [1.29, 1.82) is 0 Å². The smallest absolute Gasteiger partial charge is 0.407 e. The quantitative estimate of drug-likeness (QED) is 0.0875. The lowest BCUT2D eigenvalue weighted by Gasteiger charge is -2.42. The van der Waals surface area contributed by atoms with Crippen molar-refractivity contribution in [2.45, 2.75) is 68.3 Å². The minimum absolute atomic E-state index is 0.00542. The number of ether oxygens (including phenoxy) is 5. The minimum atomic E-state index is -2.44. The van der Waals surface area contributed by atoms with Crippen molar-refractivity contribution in [3.05, 3.63) is 111 Å². The summed E-state index contributed by atoms with van der Waals surface area (Å²) in [6, 6.07) is 19.1. The third-order valence-electron chi connectivity index (χ3n) is 11.7. The van der Waals surface area contributed by atoms with Gasteiger partial charge in [0.1, 0.15) is 36.0 Å². The first-order valence-corrected chi connectivity index (χ1v) is 19.3. The lowest BCUT2D eigenvalue weighted by molar-refractivity contribution is -0.247. The van der Waals surface area contributed by atoms with Crippen molar-refractivity contribution in [2.24, 2.45) is 5.73 Å². The number of carbonyl (C=O) groups is 5. The van der Waals surface area contributed by atoms with E-state index in [4.69, 9.17) is 29.4 Å². The first-order chi connectivity index (χ1) is 28.7. The molecule has 0 aromatic heterocycles. The summed E-state index contributed by atoms with van der Waals surface area (Å²) in [6.45, 7) is -0.113. The molecule has 8 rings (SSSR count). The number of rotatable bonds is 10. The highest BCUT2D eigenvalue weighted by Crippen LogP contribution is 2.53. The van der Waals surface area contributed by atoms with E-state index in [1.54, 1.807) is 6.92 Å². The molecular weight excluding hydrogens is 780 g/mol. The van der Waals surface area contributed by atoms with Crippen molar-refractivity contribution >= 4 is 29.4 Å². The molecule has 312 valence electrons. The molecular formula is C44H42N2O14. The van der Waals surface area contributed by atoms with Crippen LogP contribution >= 0.6 is 0 Å². The van der Waals surface area contributed by atoms with Crippen LogP contribution in [0.5, 0.6) is 17.2 Å². The largest absolute Gasteiger partial charge is 0.507 e. The molecule has 0 spiro atoms. The van der Waals surface area contributed by atoms with Crippen LogP contribution in [0, 0.1) is 0 Å². The van der Waals surface area contributed by atoms with Crippen LogP contribution in [-0.2, 0) is 35.0 Å². The number of hydrogen-bond acceptors (Lipinski definition) is 15. The summed E-state index contributed by atoms with van der Waals surface area (Å²) in [7, 11) is 1.31. The number of esters is 1. The standard InChI is InChI=1S/C44H42N2O14/c1-20-38(49)28(45)14-33(59-20)60-30-16-44(55,15-26-35(30)42(53)37-36(40(26)51)39(50)25-12-7-13-29(56-2)34(25)41(37)52)31(47)19-57-32(48)17-46-43(54)58-18-27-23-10-5-3-8-21(23)22-9-4-6-11-24(22)27/h3-13,20,27-28,30,33,38,49,51,53,55H,14-19,45H2,1-2H3,(H,46,54)/t20-,28-,30-,33-,38+,44-/m0/s1. The minimum Gasteiger partial charge on any atom is -0.507 e. The number of fused-ring (bicyclic) bond motifs is 6. The number of alkyl carbamates (subject to hydrolysis) is 1. The van der Waals surface area contributed by atoms with E-state index in [9.17, 15) is 44.4 Å². The van der Waals surface area contributed by atoms with Crippen LogP contribution in [0.25, 0.3) is 11.1 Å². The summed E-state index contributed by atoms with van der Waals surface area (Å²) in [6.07, 6.45) is -6.75. The molecule has 0 bridgehead atoms. The van der Waals surface area contributed by atoms with Crippen molar-refractivity contribution in [2.75, 3.05) is 26.9 Å². The Balaban J connectivity index is 0.988. The van der Waals surface area contributed by atoms with Gasteiger partial charge < -0.3 is 55.2 Å². The molecule has 6 atom stereocenters. The number of amides is 1. The van der Waals surface area contributed by atoms with Crippen LogP contribution in [0.2, 0.25) is 0 Å². The predicted octanol–water partition coefficient (Wildman–Crippen LogP) is 3.09. The average molecular weight is 823 g/mol. The van der Waals surface area contributed by atoms with Gasteiger partial charge >= 0.3 is 12.1 Å². The predicted molar refractivity (Wildman–Crippen MR) is 209 cm³/mol. The second kappa shape index (κ2) is 15.8. The molecule has 16 nitrogen and oxygen atoms in total. The Morgan fingerprint density at radius 1 is 0.883 bits per heavy atom. The van der Waals surface area contributed by atoms with Crippen molar-refractivity contribution in [1.82, 2.24) is 5.32 Å². The molecule has 4 aromatic carbocycles. The van der Waals surface area contributed by atoms with Gasteiger partial charge in [-0.2, -0.15) is 0 Å². The molecule has 16 heteroatoms. The third kappa shape index (κ3) is 6.95. The fraction of sp³-hybridized carbons (Fsp3) is 0.341. The number of phenols is 2. The molecule has 7 N–H and O–H groups in total. The maximum absolute atomic E-state index is 14.0. The Kier molecular flexibility index (Phi) is 10.7. The highest BCUT2D eigenvalue weighted by molar-refractivity contribution is 6.31. The second-order valence-corrected chi connectivity index (χ2v) is 15.3. The number of ketones is 3. The van der Waals surface area contributed by atoms with Gasteiger partial charge in [0.15, 0.2) is 18.7 Å². The first kappa shape index (κ1) is 40.6. The molecule has 0 unspecified atom stereocenters. The van der Waals surface area contributed by atoms with Gasteiger partial charge in [-0.25, -0.2) is 4.79 Å². The monoisotopic (exact) mass is 822 g/mol. The number of methoxy groups -OCH3 is 1. The zero-order valence-corrected chi connectivity index (χ0v) is 32.5. The Bertz CT molecular complexity index is 2390. The highest BCUT2D eigenvalue weighted by Gasteiger charge is 2.50. The zero-order chi connectivity index (χ0) is 42.6. The maximum atomic E-state index is 14.0. The van der Waals surface area contributed by atoms with E-state index in [0.29, 0.717) is 0 Å². The molecule has 1 saturated heterocycles. The lowest BCUT2D eigenvalue weighted by atomic mass is 9.72. The first-order valence-electron chi connectivity index (χ1n) is 19.3. The summed E-state index contributed by atoms with van der Waals surface area (Å²) in [5.41, 5.74) is 5.98. The Hall–Kier alpha value is -6.17. The van der Waals surface area contributed by atoms with Crippen LogP contribution in [0.15, 0.2) is 66.7 Å². The van der Waals surface area contributed by atoms with Gasteiger partial charge in [-0.3, -0.25) is 19.2 Å². The third-order valence-corrected chi connectivity index (χ3v) is 11.7. The van der Waals surface area contributed by atoms with E-state index < -0.39 is 114 Å². The fourth-order valence-corrected chi connectivity index (χ4v) is 8.73. The number of hydrogen-bond donors (Lipinski definition) is 6. The normalized spacial score (nSPS) is 24.0. The number of carbonyl (C=O) groups excluding carboxylic acids is 5. The zero-order valence-electron chi connectivity index (χ0n) is 32.5. The molecule has 1 fully saturated rings. The molecule has 1 aliphatic heterocycles.